The first-order chi connectivity index (χ1) is 5.68. The summed E-state index contributed by atoms with van der Waals surface area (Å²) in [5, 5.41) is 6.93. The Morgan fingerprint density at radius 3 is 2.42 bits per heavy atom. The van der Waals surface area contributed by atoms with Crippen LogP contribution >= 0.6 is 0 Å². The van der Waals surface area contributed by atoms with Gasteiger partial charge in [-0.1, -0.05) is 13.8 Å². The Hall–Kier alpha value is -0.120. The van der Waals surface area contributed by atoms with Gasteiger partial charge in [-0.15, -0.1) is 0 Å². The summed E-state index contributed by atoms with van der Waals surface area (Å²) in [5.74, 6) is 0. The Bertz CT molecular complexity index is 128. The third kappa shape index (κ3) is 2.44. The third-order valence-corrected chi connectivity index (χ3v) is 2.55. The minimum Gasteiger partial charge on any atom is -0.329 e. The number of nitrogens with two attached hydrogens (primary N) is 1. The number of rotatable bonds is 3. The van der Waals surface area contributed by atoms with E-state index in [-0.39, 0.29) is 5.54 Å². The van der Waals surface area contributed by atoms with E-state index < -0.39 is 0 Å². The van der Waals surface area contributed by atoms with Crippen LogP contribution in [-0.4, -0.2) is 31.2 Å². The van der Waals surface area contributed by atoms with Crippen LogP contribution in [0.3, 0.4) is 0 Å². The highest BCUT2D eigenvalue weighted by atomic mass is 15.1. The lowest BCUT2D eigenvalue weighted by Gasteiger charge is -2.39. The van der Waals surface area contributed by atoms with Crippen molar-refractivity contribution in [2.75, 3.05) is 19.6 Å². The van der Waals surface area contributed by atoms with Gasteiger partial charge in [-0.3, -0.25) is 0 Å². The van der Waals surface area contributed by atoms with Gasteiger partial charge in [-0.05, 0) is 25.9 Å². The topological polar surface area (TPSA) is 50.1 Å². The van der Waals surface area contributed by atoms with Gasteiger partial charge < -0.3 is 16.4 Å². The molecule has 0 saturated carbocycles. The molecule has 0 aromatic heterocycles. The molecule has 0 aromatic rings. The molecule has 0 aliphatic carbocycles. The quantitative estimate of drug-likeness (QED) is 0.563. The fourth-order valence-corrected chi connectivity index (χ4v) is 1.93. The van der Waals surface area contributed by atoms with Gasteiger partial charge in [0.2, 0.25) is 0 Å². The average molecular weight is 171 g/mol. The second kappa shape index (κ2) is 4.21. The Morgan fingerprint density at radius 1 is 1.42 bits per heavy atom. The lowest BCUT2D eigenvalue weighted by molar-refractivity contribution is 0.234. The Morgan fingerprint density at radius 2 is 2.00 bits per heavy atom. The fraction of sp³-hybridized carbons (Fsp3) is 1.00. The van der Waals surface area contributed by atoms with Crippen molar-refractivity contribution in [3.63, 3.8) is 0 Å². The molecule has 3 heteroatoms. The summed E-state index contributed by atoms with van der Waals surface area (Å²) < 4.78 is 0. The Labute approximate surface area is 75.1 Å². The molecule has 0 radical (unpaired) electrons. The van der Waals surface area contributed by atoms with Crippen LogP contribution in [0.1, 0.15) is 26.7 Å². The molecular formula is C9H21N3. The minimum atomic E-state index is 0.208. The molecule has 0 unspecified atom stereocenters. The van der Waals surface area contributed by atoms with Gasteiger partial charge in [0.25, 0.3) is 0 Å². The summed E-state index contributed by atoms with van der Waals surface area (Å²) in [7, 11) is 0. The van der Waals surface area contributed by atoms with Crippen molar-refractivity contribution in [3.05, 3.63) is 0 Å². The van der Waals surface area contributed by atoms with Gasteiger partial charge in [0.1, 0.15) is 0 Å². The molecule has 0 aromatic carbocycles. The summed E-state index contributed by atoms with van der Waals surface area (Å²) in [6.07, 6.45) is 2.31. The SMILES string of the molecule is CC(C)NC1(CN)CCNCC1. The van der Waals surface area contributed by atoms with Crippen LogP contribution in [0.5, 0.6) is 0 Å². The third-order valence-electron chi connectivity index (χ3n) is 2.55. The van der Waals surface area contributed by atoms with E-state index in [4.69, 9.17) is 5.73 Å². The zero-order valence-electron chi connectivity index (χ0n) is 8.19. The summed E-state index contributed by atoms with van der Waals surface area (Å²) in [6, 6.07) is 0.534. The number of nitrogens with one attached hydrogen (secondary N) is 2. The van der Waals surface area contributed by atoms with Gasteiger partial charge in [0.15, 0.2) is 0 Å². The molecule has 0 bridgehead atoms. The standard InChI is InChI=1S/C9H21N3/c1-8(2)12-9(7-10)3-5-11-6-4-9/h8,11-12H,3-7,10H2,1-2H3. The summed E-state index contributed by atoms with van der Waals surface area (Å²) in [5.41, 5.74) is 6.00. The van der Waals surface area contributed by atoms with E-state index in [1.165, 1.54) is 0 Å². The van der Waals surface area contributed by atoms with Gasteiger partial charge in [0, 0.05) is 18.1 Å². The highest BCUT2D eigenvalue weighted by Crippen LogP contribution is 2.17. The van der Waals surface area contributed by atoms with Crippen LogP contribution in [0.4, 0.5) is 0 Å². The van der Waals surface area contributed by atoms with Crippen molar-refractivity contribution >= 4 is 0 Å². The normalized spacial score (nSPS) is 23.0. The first-order valence-electron chi connectivity index (χ1n) is 4.87. The number of hydrogen-bond donors (Lipinski definition) is 3. The summed E-state index contributed by atoms with van der Waals surface area (Å²) >= 11 is 0. The molecule has 1 aliphatic rings. The Kier molecular flexibility index (Phi) is 3.50. The monoisotopic (exact) mass is 171 g/mol. The first kappa shape index (κ1) is 9.96. The molecule has 12 heavy (non-hydrogen) atoms. The lowest BCUT2D eigenvalue weighted by Crippen LogP contribution is -2.58. The smallest absolute Gasteiger partial charge is 0.0330 e. The maximum atomic E-state index is 5.80. The zero-order chi connectivity index (χ0) is 9.03. The van der Waals surface area contributed by atoms with E-state index in [0.717, 1.165) is 32.5 Å². The maximum Gasteiger partial charge on any atom is 0.0330 e. The van der Waals surface area contributed by atoms with Crippen molar-refractivity contribution in [2.45, 2.75) is 38.3 Å². The zero-order valence-corrected chi connectivity index (χ0v) is 8.19. The molecule has 4 N–H and O–H groups in total. The van der Waals surface area contributed by atoms with E-state index in [2.05, 4.69) is 24.5 Å². The van der Waals surface area contributed by atoms with E-state index in [0.29, 0.717) is 6.04 Å². The second-order valence-electron chi connectivity index (χ2n) is 4.03. The largest absolute Gasteiger partial charge is 0.329 e. The molecule has 0 atom stereocenters. The van der Waals surface area contributed by atoms with Gasteiger partial charge >= 0.3 is 0 Å². The second-order valence-corrected chi connectivity index (χ2v) is 4.03. The molecule has 1 rings (SSSR count). The number of piperidine rings is 1. The lowest BCUT2D eigenvalue weighted by atomic mass is 9.88. The summed E-state index contributed by atoms with van der Waals surface area (Å²) in [4.78, 5) is 0. The van der Waals surface area contributed by atoms with E-state index >= 15 is 0 Å². The molecule has 1 saturated heterocycles. The maximum absolute atomic E-state index is 5.80. The van der Waals surface area contributed by atoms with Crippen molar-refractivity contribution in [3.8, 4) is 0 Å². The molecule has 1 heterocycles. The van der Waals surface area contributed by atoms with Crippen molar-refractivity contribution in [1.29, 1.82) is 0 Å². The van der Waals surface area contributed by atoms with E-state index in [1.807, 2.05) is 0 Å². The predicted octanol–water partition coefficient (Wildman–Crippen LogP) is 0.0653. The molecule has 0 spiro atoms. The Balaban J connectivity index is 2.48. The highest BCUT2D eigenvalue weighted by molar-refractivity contribution is 4.94. The van der Waals surface area contributed by atoms with Crippen molar-refractivity contribution in [1.82, 2.24) is 10.6 Å². The van der Waals surface area contributed by atoms with Gasteiger partial charge in [-0.25, -0.2) is 0 Å². The minimum absolute atomic E-state index is 0.208. The highest BCUT2D eigenvalue weighted by Gasteiger charge is 2.30. The van der Waals surface area contributed by atoms with E-state index in [9.17, 15) is 0 Å². The van der Waals surface area contributed by atoms with Crippen LogP contribution in [0, 0.1) is 0 Å². The fourth-order valence-electron chi connectivity index (χ4n) is 1.93. The van der Waals surface area contributed by atoms with Gasteiger partial charge in [-0.2, -0.15) is 0 Å². The molecule has 72 valence electrons. The van der Waals surface area contributed by atoms with Gasteiger partial charge in [0.05, 0.1) is 0 Å². The van der Waals surface area contributed by atoms with Crippen LogP contribution in [0.15, 0.2) is 0 Å². The van der Waals surface area contributed by atoms with Crippen LogP contribution in [-0.2, 0) is 0 Å². The summed E-state index contributed by atoms with van der Waals surface area (Å²) in [6.45, 7) is 7.31. The molecular weight excluding hydrogens is 150 g/mol. The van der Waals surface area contributed by atoms with Crippen LogP contribution in [0.2, 0.25) is 0 Å². The molecule has 1 fully saturated rings. The van der Waals surface area contributed by atoms with Crippen LogP contribution < -0.4 is 16.4 Å². The van der Waals surface area contributed by atoms with Crippen molar-refractivity contribution in [2.24, 2.45) is 5.73 Å². The molecule has 3 nitrogen and oxygen atoms in total. The predicted molar refractivity (Wildman–Crippen MR) is 52.2 cm³/mol. The number of hydrogen-bond acceptors (Lipinski definition) is 3. The first-order valence-corrected chi connectivity index (χ1v) is 4.87. The van der Waals surface area contributed by atoms with Crippen LogP contribution in [0.25, 0.3) is 0 Å². The molecule has 1 aliphatic heterocycles. The average Bonchev–Trinajstić information content (AvgIpc) is 2.05. The molecule has 0 amide bonds. The van der Waals surface area contributed by atoms with Crippen molar-refractivity contribution < 1.29 is 0 Å². The van der Waals surface area contributed by atoms with E-state index in [1.54, 1.807) is 0 Å².